The Kier molecular flexibility index (Phi) is 4.74. The van der Waals surface area contributed by atoms with E-state index in [4.69, 9.17) is 5.73 Å². The van der Waals surface area contributed by atoms with Crippen LogP contribution in [0.25, 0.3) is 0 Å². The molecular weight excluding hydrogens is 270 g/mol. The van der Waals surface area contributed by atoms with Crippen LogP contribution in [0.15, 0.2) is 18.3 Å². The van der Waals surface area contributed by atoms with E-state index in [1.165, 1.54) is 0 Å². The van der Waals surface area contributed by atoms with Crippen LogP contribution in [-0.4, -0.2) is 53.9 Å². The number of nitrogens with two attached hydrogens (primary N) is 1. The smallest absolute Gasteiger partial charge is 0.242 e. The Balaban J connectivity index is 1.94. The summed E-state index contributed by atoms with van der Waals surface area (Å²) >= 11 is 0. The number of rotatable bonds is 3. The van der Waals surface area contributed by atoms with Gasteiger partial charge in [0.1, 0.15) is 5.82 Å². The number of pyridine rings is 1. The summed E-state index contributed by atoms with van der Waals surface area (Å²) in [7, 11) is 0. The molecule has 1 unspecified atom stereocenters. The topological polar surface area (TPSA) is 91.6 Å². The molecule has 1 aromatic rings. The minimum Gasteiger partial charge on any atom is -0.367 e. The van der Waals surface area contributed by atoms with Crippen molar-refractivity contribution in [3.8, 4) is 0 Å². The molecule has 114 valence electrons. The van der Waals surface area contributed by atoms with E-state index in [0.717, 1.165) is 31.9 Å². The highest BCUT2D eigenvalue weighted by Crippen LogP contribution is 2.17. The minimum atomic E-state index is -0.564. The summed E-state index contributed by atoms with van der Waals surface area (Å²) in [4.78, 5) is 31.0. The molecule has 1 atom stereocenters. The molecule has 0 aliphatic carbocycles. The number of hydrogen-bond acceptors (Lipinski definition) is 5. The maximum absolute atomic E-state index is 11.5. The van der Waals surface area contributed by atoms with E-state index in [1.54, 1.807) is 26.1 Å². The van der Waals surface area contributed by atoms with Crippen LogP contribution >= 0.6 is 0 Å². The third kappa shape index (κ3) is 3.91. The van der Waals surface area contributed by atoms with Crippen molar-refractivity contribution in [1.29, 1.82) is 0 Å². The van der Waals surface area contributed by atoms with Gasteiger partial charge in [-0.15, -0.1) is 0 Å². The van der Waals surface area contributed by atoms with Crippen LogP contribution in [0.1, 0.15) is 13.8 Å². The maximum atomic E-state index is 11.5. The van der Waals surface area contributed by atoms with Crippen molar-refractivity contribution >= 4 is 23.3 Å². The molecule has 1 aliphatic rings. The van der Waals surface area contributed by atoms with E-state index in [-0.39, 0.29) is 11.8 Å². The van der Waals surface area contributed by atoms with Crippen LogP contribution in [0.5, 0.6) is 0 Å². The van der Waals surface area contributed by atoms with Crippen LogP contribution in [-0.2, 0) is 9.59 Å². The SMILES string of the molecule is CC(=O)N1CCN(c2ccc(NC(=O)C(C)N)nc2)CC1. The van der Waals surface area contributed by atoms with Crippen molar-refractivity contribution in [3.63, 3.8) is 0 Å². The summed E-state index contributed by atoms with van der Waals surface area (Å²) in [6.45, 7) is 6.22. The largest absolute Gasteiger partial charge is 0.367 e. The van der Waals surface area contributed by atoms with Gasteiger partial charge in [0.05, 0.1) is 17.9 Å². The highest BCUT2D eigenvalue weighted by molar-refractivity contribution is 5.93. The molecule has 1 aromatic heterocycles. The zero-order valence-electron chi connectivity index (χ0n) is 12.4. The highest BCUT2D eigenvalue weighted by atomic mass is 16.2. The third-order valence-corrected chi connectivity index (χ3v) is 3.50. The molecule has 0 aromatic carbocycles. The average Bonchev–Trinajstić information content (AvgIpc) is 2.48. The molecule has 2 rings (SSSR count). The summed E-state index contributed by atoms with van der Waals surface area (Å²) in [6, 6.07) is 3.10. The Morgan fingerprint density at radius 2 is 1.95 bits per heavy atom. The molecule has 21 heavy (non-hydrogen) atoms. The van der Waals surface area contributed by atoms with Crippen LogP contribution < -0.4 is 16.0 Å². The van der Waals surface area contributed by atoms with Gasteiger partial charge in [-0.3, -0.25) is 9.59 Å². The van der Waals surface area contributed by atoms with E-state index >= 15 is 0 Å². The van der Waals surface area contributed by atoms with Gasteiger partial charge in [-0.1, -0.05) is 0 Å². The van der Waals surface area contributed by atoms with E-state index < -0.39 is 6.04 Å². The average molecular weight is 291 g/mol. The van der Waals surface area contributed by atoms with Crippen LogP contribution in [0.4, 0.5) is 11.5 Å². The summed E-state index contributed by atoms with van der Waals surface area (Å²) in [5, 5.41) is 2.65. The molecule has 1 aliphatic heterocycles. The van der Waals surface area contributed by atoms with Crippen LogP contribution in [0.3, 0.4) is 0 Å². The number of nitrogens with one attached hydrogen (secondary N) is 1. The molecule has 0 radical (unpaired) electrons. The van der Waals surface area contributed by atoms with Gasteiger partial charge in [0.25, 0.3) is 0 Å². The number of hydrogen-bond donors (Lipinski definition) is 2. The number of nitrogens with zero attached hydrogens (tertiary/aromatic N) is 3. The van der Waals surface area contributed by atoms with E-state index in [2.05, 4.69) is 15.2 Å². The summed E-state index contributed by atoms with van der Waals surface area (Å²) in [5.74, 6) is 0.343. The molecule has 0 bridgehead atoms. The first kappa shape index (κ1) is 15.2. The normalized spacial score (nSPS) is 16.5. The molecule has 7 heteroatoms. The maximum Gasteiger partial charge on any atom is 0.242 e. The lowest BCUT2D eigenvalue weighted by Crippen LogP contribution is -2.48. The first-order valence-corrected chi connectivity index (χ1v) is 7.00. The minimum absolute atomic E-state index is 0.113. The molecule has 3 N–H and O–H groups in total. The van der Waals surface area contributed by atoms with Crippen molar-refractivity contribution in [2.24, 2.45) is 5.73 Å². The van der Waals surface area contributed by atoms with Gasteiger partial charge in [-0.05, 0) is 19.1 Å². The van der Waals surface area contributed by atoms with Crippen molar-refractivity contribution in [1.82, 2.24) is 9.88 Å². The number of carbonyl (C=O) groups is 2. The first-order valence-electron chi connectivity index (χ1n) is 7.00. The fourth-order valence-electron chi connectivity index (χ4n) is 2.17. The number of aromatic nitrogens is 1. The second-order valence-electron chi connectivity index (χ2n) is 5.17. The molecular formula is C14H21N5O2. The molecule has 0 saturated carbocycles. The predicted octanol–water partition coefficient (Wildman–Crippen LogP) is 0.0358. The van der Waals surface area contributed by atoms with Gasteiger partial charge >= 0.3 is 0 Å². The van der Waals surface area contributed by atoms with Crippen molar-refractivity contribution in [3.05, 3.63) is 18.3 Å². The number of piperazine rings is 1. The monoisotopic (exact) mass is 291 g/mol. The lowest BCUT2D eigenvalue weighted by Gasteiger charge is -2.35. The van der Waals surface area contributed by atoms with E-state index in [1.807, 2.05) is 11.0 Å². The van der Waals surface area contributed by atoms with Crippen molar-refractivity contribution in [2.75, 3.05) is 36.4 Å². The van der Waals surface area contributed by atoms with Gasteiger partial charge < -0.3 is 20.9 Å². The standard InChI is InChI=1S/C14H21N5O2/c1-10(15)14(21)17-13-4-3-12(9-16-13)19-7-5-18(6-8-19)11(2)20/h3-4,9-10H,5-8,15H2,1-2H3,(H,16,17,21). The fourth-order valence-corrected chi connectivity index (χ4v) is 2.17. The number of amides is 2. The highest BCUT2D eigenvalue weighted by Gasteiger charge is 2.19. The van der Waals surface area contributed by atoms with Gasteiger partial charge in [0.2, 0.25) is 11.8 Å². The Labute approximate surface area is 124 Å². The Hall–Kier alpha value is -2.15. The molecule has 7 nitrogen and oxygen atoms in total. The van der Waals surface area contributed by atoms with Crippen LogP contribution in [0, 0.1) is 0 Å². The van der Waals surface area contributed by atoms with Gasteiger partial charge in [-0.25, -0.2) is 4.98 Å². The zero-order chi connectivity index (χ0) is 15.4. The summed E-state index contributed by atoms with van der Waals surface area (Å²) in [5.41, 5.74) is 6.47. The van der Waals surface area contributed by atoms with Crippen molar-refractivity contribution in [2.45, 2.75) is 19.9 Å². The summed E-state index contributed by atoms with van der Waals surface area (Å²) < 4.78 is 0. The number of anilines is 2. The quantitative estimate of drug-likeness (QED) is 0.820. The Morgan fingerprint density at radius 1 is 1.29 bits per heavy atom. The van der Waals surface area contributed by atoms with Crippen molar-refractivity contribution < 1.29 is 9.59 Å². The molecule has 0 spiro atoms. The third-order valence-electron chi connectivity index (χ3n) is 3.50. The zero-order valence-corrected chi connectivity index (χ0v) is 12.4. The predicted molar refractivity (Wildman–Crippen MR) is 81.0 cm³/mol. The molecule has 2 heterocycles. The fraction of sp³-hybridized carbons (Fsp3) is 0.500. The van der Waals surface area contributed by atoms with Crippen LogP contribution in [0.2, 0.25) is 0 Å². The van der Waals surface area contributed by atoms with E-state index in [0.29, 0.717) is 5.82 Å². The first-order chi connectivity index (χ1) is 9.97. The molecule has 1 fully saturated rings. The Morgan fingerprint density at radius 3 is 2.43 bits per heavy atom. The second-order valence-corrected chi connectivity index (χ2v) is 5.17. The van der Waals surface area contributed by atoms with Gasteiger partial charge in [0, 0.05) is 33.1 Å². The second kappa shape index (κ2) is 6.53. The van der Waals surface area contributed by atoms with E-state index in [9.17, 15) is 9.59 Å². The summed E-state index contributed by atoms with van der Waals surface area (Å²) in [6.07, 6.45) is 1.72. The number of carbonyl (C=O) groups excluding carboxylic acids is 2. The molecule has 2 amide bonds. The Bertz CT molecular complexity index is 507. The molecule has 1 saturated heterocycles. The van der Waals surface area contributed by atoms with Gasteiger partial charge in [0.15, 0.2) is 0 Å². The van der Waals surface area contributed by atoms with Gasteiger partial charge in [-0.2, -0.15) is 0 Å². The lowest BCUT2D eigenvalue weighted by molar-refractivity contribution is -0.129. The lowest BCUT2D eigenvalue weighted by atomic mass is 10.2.